The summed E-state index contributed by atoms with van der Waals surface area (Å²) in [6, 6.07) is 2.84. The summed E-state index contributed by atoms with van der Waals surface area (Å²) in [7, 11) is -3.61. The Hall–Kier alpha value is -7.00. The predicted molar refractivity (Wildman–Crippen MR) is 343 cm³/mol. The lowest BCUT2D eigenvalue weighted by molar-refractivity contribution is -0.122. The van der Waals surface area contributed by atoms with Crippen LogP contribution in [-0.4, -0.2) is 134 Å². The summed E-state index contributed by atoms with van der Waals surface area (Å²) in [5.74, 6) is -6.77. The predicted octanol–water partition coefficient (Wildman–Crippen LogP) is 4.21. The van der Waals surface area contributed by atoms with E-state index in [0.717, 1.165) is 11.1 Å². The van der Waals surface area contributed by atoms with E-state index >= 15 is 0 Å². The van der Waals surface area contributed by atoms with Crippen molar-refractivity contribution >= 4 is 77.3 Å². The SMILES string of the molecule is COCC1OC(n2cnc3cc(C)c(C)cc32)C(O)C1OP(=O)(O)OC(C)CNC(=O)CCC1(C)C2=NC(C1CC(N)=O)C1(C)N=C(C(C)=C3N/C(=C\C4=NC(=C\2C)/C(CCC(N)=O)C4(C)C)C(CCC(N)=O)C3(C)CC(N)=O)C(CCC(N)=O)C1(C)CCC(N)=O. The van der Waals surface area contributed by atoms with Crippen LogP contribution in [0.4, 0.5) is 0 Å². The number of carbonyl (C=O) groups is 7. The number of hydrogen-bond acceptors (Lipinski definition) is 18. The van der Waals surface area contributed by atoms with Crippen LogP contribution in [0.15, 0.2) is 67.8 Å². The van der Waals surface area contributed by atoms with E-state index in [4.69, 9.17) is 67.9 Å². The first-order chi connectivity index (χ1) is 42.8. The number of ether oxygens (including phenoxy) is 2. The van der Waals surface area contributed by atoms with E-state index in [2.05, 4.69) is 15.6 Å². The Bertz CT molecular complexity index is 3570. The molecular formula is C64H94N13O14P. The number of imidazole rings is 1. The number of aliphatic hydroxyl groups is 1. The third-order valence-electron chi connectivity index (χ3n) is 21.1. The third-order valence-corrected chi connectivity index (χ3v) is 22.2. The van der Waals surface area contributed by atoms with E-state index in [0.29, 0.717) is 56.4 Å². The number of fused-ring (bicyclic) bond motifs is 7. The van der Waals surface area contributed by atoms with Gasteiger partial charge in [0, 0.05) is 138 Å². The number of carbonyl (C=O) groups excluding carboxylic acids is 7. The lowest BCUT2D eigenvalue weighted by Crippen LogP contribution is -2.55. The second-order valence-corrected chi connectivity index (χ2v) is 29.0. The average Bonchev–Trinajstić information content (AvgIpc) is 1.53. The molecule has 7 amide bonds. The first-order valence-corrected chi connectivity index (χ1v) is 32.9. The Labute approximate surface area is 536 Å². The highest BCUT2D eigenvalue weighted by atomic mass is 31.2. The lowest BCUT2D eigenvalue weighted by Gasteiger charge is -2.48. The summed E-state index contributed by atoms with van der Waals surface area (Å²) in [4.78, 5) is 126. The van der Waals surface area contributed by atoms with Crippen molar-refractivity contribution in [3.05, 3.63) is 63.9 Å². The standard InChI is InChI=1S/C64H94N13O14P/c1-31-23-41-42(24-32(31)2)77(30-72-41)59-54(85)55(43(89-59)29-88-12)91-92(86,87)90-33(3)28-71-51(84)20-21-61(8)39(25-49(69)82)58-64(11)63(10,22-19-48(68)81)38(15-18-47(67)80)53(76-64)35(5)57-62(9,27-50(70)83)36(13-16-45(65)78)40(73-57)26-44-60(6,7)37(14-17-46(66)79)52(74-44)34(4)56(61)75-58/h23-24,26,30,33,36-39,43,54-55,58-59,73,85H,13-22,25,27-29H2,1-12H3,(H2,65,78)(H2,66,79)(H2,67,80)(H2,68,81)(H2,69,82)(H2,70,83)(H,71,84)(H,86,87)/b40-26-,52-34-,57-35?. The molecule has 2 saturated heterocycles. The molecule has 2 aromatic rings. The van der Waals surface area contributed by atoms with Gasteiger partial charge in [-0.25, -0.2) is 9.55 Å². The minimum Gasteiger partial charge on any atom is -0.386 e. The van der Waals surface area contributed by atoms with Gasteiger partial charge >= 0.3 is 7.82 Å². The Morgan fingerprint density at radius 1 is 0.793 bits per heavy atom. The van der Waals surface area contributed by atoms with Gasteiger partial charge in [0.2, 0.25) is 41.4 Å². The maximum Gasteiger partial charge on any atom is 0.472 e. The van der Waals surface area contributed by atoms with Crippen molar-refractivity contribution < 1.29 is 66.6 Å². The zero-order chi connectivity index (χ0) is 68.1. The molecule has 15 atom stereocenters. The molecule has 28 heteroatoms. The Morgan fingerprint density at radius 2 is 1.40 bits per heavy atom. The molecule has 15 unspecified atom stereocenters. The van der Waals surface area contributed by atoms with Gasteiger partial charge < -0.3 is 69.1 Å². The van der Waals surface area contributed by atoms with Gasteiger partial charge in [0.25, 0.3) is 0 Å². The van der Waals surface area contributed by atoms with E-state index in [1.54, 1.807) is 4.57 Å². The van der Waals surface area contributed by atoms with Crippen LogP contribution in [0.25, 0.3) is 11.0 Å². The van der Waals surface area contributed by atoms with Crippen LogP contribution in [-0.2, 0) is 56.6 Å². The van der Waals surface area contributed by atoms with Crippen molar-refractivity contribution in [3.63, 3.8) is 0 Å². The number of benzene rings is 1. The largest absolute Gasteiger partial charge is 0.472 e. The maximum absolute atomic E-state index is 14.5. The van der Waals surface area contributed by atoms with Gasteiger partial charge in [0.1, 0.15) is 18.3 Å². The van der Waals surface area contributed by atoms with Crippen molar-refractivity contribution in [2.24, 2.45) is 94.7 Å². The van der Waals surface area contributed by atoms with Gasteiger partial charge in [0.05, 0.1) is 41.7 Å². The normalized spacial score (nSPS) is 33.0. The Kier molecular flexibility index (Phi) is 20.6. The fraction of sp³-hybridized carbons (Fsp3) is 0.641. The molecule has 16 N–H and O–H groups in total. The Morgan fingerprint density at radius 3 is 2.00 bits per heavy atom. The number of aliphatic hydroxyl groups excluding tert-OH is 1. The topological polar surface area (TPSA) is 449 Å². The van der Waals surface area contributed by atoms with Crippen LogP contribution in [0.1, 0.15) is 157 Å². The third kappa shape index (κ3) is 13.7. The molecule has 6 aliphatic rings. The van der Waals surface area contributed by atoms with Crippen LogP contribution in [0.3, 0.4) is 0 Å². The quantitative estimate of drug-likeness (QED) is 0.0534. The molecule has 0 saturated carbocycles. The highest BCUT2D eigenvalue weighted by Crippen LogP contribution is 2.63. The molecular weight excluding hydrogens is 1210 g/mol. The fourth-order valence-corrected chi connectivity index (χ4v) is 16.9. The van der Waals surface area contributed by atoms with Crippen LogP contribution >= 0.6 is 7.82 Å². The molecule has 0 aliphatic carbocycles. The number of amides is 7. The van der Waals surface area contributed by atoms with E-state index in [9.17, 15) is 48.1 Å². The zero-order valence-corrected chi connectivity index (χ0v) is 55.8. The summed E-state index contributed by atoms with van der Waals surface area (Å²) in [6.07, 6.45) is -3.05. The van der Waals surface area contributed by atoms with Crippen molar-refractivity contribution in [1.82, 2.24) is 20.2 Å². The van der Waals surface area contributed by atoms with Gasteiger partial charge in [-0.2, -0.15) is 0 Å². The van der Waals surface area contributed by atoms with E-state index in [1.165, 1.54) is 20.4 Å². The molecule has 92 heavy (non-hydrogen) atoms. The minimum atomic E-state index is -5.02. The summed E-state index contributed by atoms with van der Waals surface area (Å²) >= 11 is 0. The second-order valence-electron chi connectivity index (χ2n) is 27.7. The number of nitrogens with zero attached hydrogens (tertiary/aromatic N) is 5. The zero-order valence-electron chi connectivity index (χ0n) is 54.9. The number of nitrogens with two attached hydrogens (primary N) is 6. The highest BCUT2D eigenvalue weighted by molar-refractivity contribution is 7.47. The molecule has 27 nitrogen and oxygen atoms in total. The van der Waals surface area contributed by atoms with Gasteiger partial charge in [-0.1, -0.05) is 34.6 Å². The Balaban J connectivity index is 1.20. The monoisotopic (exact) mass is 1300 g/mol. The van der Waals surface area contributed by atoms with Crippen LogP contribution in [0.5, 0.6) is 0 Å². The molecule has 2 fully saturated rings. The molecule has 7 heterocycles. The smallest absolute Gasteiger partial charge is 0.386 e. The number of aromatic nitrogens is 2. The van der Waals surface area contributed by atoms with Crippen LogP contribution in [0, 0.1) is 59.2 Å². The van der Waals surface area contributed by atoms with Crippen molar-refractivity contribution in [3.8, 4) is 0 Å². The number of phosphoric acid groups is 1. The van der Waals surface area contributed by atoms with Gasteiger partial charge in [-0.05, 0) is 114 Å². The average molecular weight is 1300 g/mol. The number of nitrogens with one attached hydrogen (secondary N) is 2. The summed E-state index contributed by atoms with van der Waals surface area (Å²) < 4.78 is 38.3. The number of aryl methyl sites for hydroxylation is 2. The number of aliphatic imine (C=N–C) groups is 3. The van der Waals surface area contributed by atoms with Crippen LogP contribution in [0.2, 0.25) is 0 Å². The molecule has 8 rings (SSSR count). The number of rotatable bonds is 28. The number of hydrogen-bond donors (Lipinski definition) is 10. The molecule has 0 spiro atoms. The molecule has 6 aliphatic heterocycles. The first-order valence-electron chi connectivity index (χ1n) is 31.4. The first kappa shape index (κ1) is 70.9. The van der Waals surface area contributed by atoms with Gasteiger partial charge in [-0.15, -0.1) is 0 Å². The summed E-state index contributed by atoms with van der Waals surface area (Å²) in [6.45, 7) is 20.3. The van der Waals surface area contributed by atoms with E-state index in [1.807, 2.05) is 87.4 Å². The van der Waals surface area contributed by atoms with Crippen molar-refractivity contribution in [1.29, 1.82) is 0 Å². The van der Waals surface area contributed by atoms with Crippen molar-refractivity contribution in [2.45, 2.75) is 195 Å². The van der Waals surface area contributed by atoms with E-state index in [-0.39, 0.29) is 90.2 Å². The fourth-order valence-electron chi connectivity index (χ4n) is 15.7. The molecule has 1 aromatic heterocycles. The van der Waals surface area contributed by atoms with Gasteiger partial charge in [0.15, 0.2) is 6.23 Å². The number of methoxy groups -OCH3 is 1. The molecule has 8 bridgehead atoms. The summed E-state index contributed by atoms with van der Waals surface area (Å²) in [5, 5.41) is 18.2. The van der Waals surface area contributed by atoms with Crippen molar-refractivity contribution in [2.75, 3.05) is 20.3 Å². The van der Waals surface area contributed by atoms with E-state index < -0.39 is 137 Å². The molecule has 1 aromatic carbocycles. The minimum absolute atomic E-state index is 0.0202. The number of primary amides is 6. The van der Waals surface area contributed by atoms with Gasteiger partial charge in [-0.3, -0.25) is 57.6 Å². The maximum atomic E-state index is 14.5. The number of allylic oxidation sites excluding steroid dienone is 6. The lowest BCUT2D eigenvalue weighted by atomic mass is 9.55. The highest BCUT2D eigenvalue weighted by Gasteiger charge is 2.66. The van der Waals surface area contributed by atoms with Crippen LogP contribution < -0.4 is 45.0 Å². The summed E-state index contributed by atoms with van der Waals surface area (Å²) in [5.41, 5.74) is 38.1. The second kappa shape index (κ2) is 26.8. The molecule has 0 radical (unpaired) electrons. The molecule has 504 valence electrons. The number of phosphoric ester groups is 1.